The number of nitrogens with zero attached hydrogens (tertiary/aromatic N) is 1. The van der Waals surface area contributed by atoms with Crippen LogP contribution in [0.15, 0.2) is 36.5 Å². The monoisotopic (exact) mass is 298 g/mol. The highest BCUT2D eigenvalue weighted by atomic mass is 16.5. The summed E-state index contributed by atoms with van der Waals surface area (Å²) in [6, 6.07) is 9.92. The summed E-state index contributed by atoms with van der Waals surface area (Å²) in [5.41, 5.74) is 0.795. The summed E-state index contributed by atoms with van der Waals surface area (Å²) in [4.78, 5) is 16.4. The molecule has 22 heavy (non-hydrogen) atoms. The highest BCUT2D eigenvalue weighted by molar-refractivity contribution is 5.85. The number of amides is 1. The first-order valence-electron chi connectivity index (χ1n) is 8.00. The fraction of sp³-hybridized carbons (Fsp3) is 0.444. The Labute approximate surface area is 130 Å². The zero-order chi connectivity index (χ0) is 15.4. The van der Waals surface area contributed by atoms with Gasteiger partial charge in [0, 0.05) is 17.6 Å². The highest BCUT2D eigenvalue weighted by Crippen LogP contribution is 2.24. The summed E-state index contributed by atoms with van der Waals surface area (Å²) >= 11 is 0. The second-order valence-corrected chi connectivity index (χ2v) is 6.06. The van der Waals surface area contributed by atoms with E-state index in [1.807, 2.05) is 30.3 Å². The summed E-state index contributed by atoms with van der Waals surface area (Å²) < 4.78 is 5.68. The predicted octanol–water partition coefficient (Wildman–Crippen LogP) is 3.31. The molecule has 1 aliphatic rings. The molecule has 0 spiro atoms. The fourth-order valence-corrected chi connectivity index (χ4v) is 3.12. The Morgan fingerprint density at radius 2 is 2.09 bits per heavy atom. The summed E-state index contributed by atoms with van der Waals surface area (Å²) in [5.74, 6) is 1.16. The van der Waals surface area contributed by atoms with E-state index < -0.39 is 0 Å². The molecule has 1 aromatic heterocycles. The molecule has 0 saturated heterocycles. The highest BCUT2D eigenvalue weighted by Gasteiger charge is 2.22. The van der Waals surface area contributed by atoms with Gasteiger partial charge in [-0.2, -0.15) is 0 Å². The molecule has 0 unspecified atom stereocenters. The zero-order valence-corrected chi connectivity index (χ0v) is 12.9. The number of pyridine rings is 1. The maximum absolute atomic E-state index is 12.1. The van der Waals surface area contributed by atoms with Crippen LogP contribution in [0.25, 0.3) is 10.9 Å². The molecule has 3 rings (SSSR count). The smallest absolute Gasteiger partial charge is 0.258 e. The number of carbonyl (C=O) groups is 1. The van der Waals surface area contributed by atoms with Crippen molar-refractivity contribution in [2.45, 2.75) is 38.6 Å². The normalized spacial score (nSPS) is 21.5. The molecule has 2 aromatic rings. The molecule has 0 radical (unpaired) electrons. The van der Waals surface area contributed by atoms with E-state index in [-0.39, 0.29) is 18.6 Å². The quantitative estimate of drug-likeness (QED) is 0.942. The number of ether oxygens (including phenoxy) is 1. The van der Waals surface area contributed by atoms with Crippen molar-refractivity contribution in [3.8, 4) is 5.75 Å². The molecule has 4 heteroatoms. The number of para-hydroxylation sites is 1. The number of nitrogens with one attached hydrogen (secondary N) is 1. The Morgan fingerprint density at radius 1 is 1.27 bits per heavy atom. The summed E-state index contributed by atoms with van der Waals surface area (Å²) in [5, 5.41) is 4.12. The van der Waals surface area contributed by atoms with Gasteiger partial charge in [0.2, 0.25) is 0 Å². The molecular weight excluding hydrogens is 276 g/mol. The Bertz CT molecular complexity index is 651. The van der Waals surface area contributed by atoms with E-state index in [0.29, 0.717) is 11.7 Å². The lowest BCUT2D eigenvalue weighted by Gasteiger charge is -2.29. The van der Waals surface area contributed by atoms with Crippen LogP contribution in [0.2, 0.25) is 0 Å². The number of carbonyl (C=O) groups excluding carboxylic acids is 1. The molecule has 1 N–H and O–H groups in total. The van der Waals surface area contributed by atoms with Gasteiger partial charge in [0.1, 0.15) is 11.3 Å². The van der Waals surface area contributed by atoms with Gasteiger partial charge in [-0.25, -0.2) is 0 Å². The number of hydrogen-bond donors (Lipinski definition) is 1. The lowest BCUT2D eigenvalue weighted by Crippen LogP contribution is -2.43. The summed E-state index contributed by atoms with van der Waals surface area (Å²) in [6.07, 6.45) is 6.47. The van der Waals surface area contributed by atoms with Crippen molar-refractivity contribution in [3.63, 3.8) is 0 Å². The summed E-state index contributed by atoms with van der Waals surface area (Å²) in [7, 11) is 0. The van der Waals surface area contributed by atoms with Gasteiger partial charge in [-0.3, -0.25) is 9.78 Å². The molecule has 1 aliphatic carbocycles. The lowest BCUT2D eigenvalue weighted by molar-refractivity contribution is -0.124. The standard InChI is InChI=1S/C18H22N2O2/c1-13-6-2-3-9-15(13)20-17(21)12-22-16-10-4-7-14-8-5-11-19-18(14)16/h4-5,7-8,10-11,13,15H,2-3,6,9,12H2,1H3,(H,20,21)/t13-,15-/m1/s1. The van der Waals surface area contributed by atoms with Gasteiger partial charge in [0.05, 0.1) is 0 Å². The molecule has 1 amide bonds. The minimum absolute atomic E-state index is 0.0406. The molecule has 1 heterocycles. The summed E-state index contributed by atoms with van der Waals surface area (Å²) in [6.45, 7) is 2.25. The number of fused-ring (bicyclic) bond motifs is 1. The Hall–Kier alpha value is -2.10. The van der Waals surface area contributed by atoms with Crippen molar-refractivity contribution < 1.29 is 9.53 Å². The molecule has 0 bridgehead atoms. The Morgan fingerprint density at radius 3 is 2.95 bits per heavy atom. The van der Waals surface area contributed by atoms with Crippen molar-refractivity contribution in [3.05, 3.63) is 36.5 Å². The number of hydrogen-bond acceptors (Lipinski definition) is 3. The van der Waals surface area contributed by atoms with Crippen LogP contribution in [-0.2, 0) is 4.79 Å². The predicted molar refractivity (Wildman–Crippen MR) is 86.8 cm³/mol. The van der Waals surface area contributed by atoms with Gasteiger partial charge < -0.3 is 10.1 Å². The van der Waals surface area contributed by atoms with Gasteiger partial charge in [0.15, 0.2) is 6.61 Å². The molecule has 116 valence electrons. The minimum Gasteiger partial charge on any atom is -0.481 e. The van der Waals surface area contributed by atoms with Crippen molar-refractivity contribution in [1.29, 1.82) is 0 Å². The molecule has 4 nitrogen and oxygen atoms in total. The maximum atomic E-state index is 12.1. The maximum Gasteiger partial charge on any atom is 0.258 e. The van der Waals surface area contributed by atoms with Crippen LogP contribution in [0.3, 0.4) is 0 Å². The van der Waals surface area contributed by atoms with Crippen LogP contribution < -0.4 is 10.1 Å². The number of benzene rings is 1. The van der Waals surface area contributed by atoms with Gasteiger partial charge in [-0.15, -0.1) is 0 Å². The SMILES string of the molecule is C[C@@H]1CCCC[C@H]1NC(=O)COc1cccc2cccnc12. The van der Waals surface area contributed by atoms with E-state index in [9.17, 15) is 4.79 Å². The first kappa shape index (κ1) is 14.8. The van der Waals surface area contributed by atoms with Gasteiger partial charge in [-0.05, 0) is 30.9 Å². The molecule has 0 aliphatic heterocycles. The zero-order valence-electron chi connectivity index (χ0n) is 12.9. The molecule has 2 atom stereocenters. The third kappa shape index (κ3) is 3.38. The van der Waals surface area contributed by atoms with Crippen LogP contribution in [0.4, 0.5) is 0 Å². The Kier molecular flexibility index (Phi) is 4.56. The number of aromatic nitrogens is 1. The van der Waals surface area contributed by atoms with E-state index in [4.69, 9.17) is 4.74 Å². The van der Waals surface area contributed by atoms with E-state index in [2.05, 4.69) is 17.2 Å². The van der Waals surface area contributed by atoms with Crippen molar-refractivity contribution in [2.75, 3.05) is 6.61 Å². The second-order valence-electron chi connectivity index (χ2n) is 6.06. The van der Waals surface area contributed by atoms with Crippen molar-refractivity contribution >= 4 is 16.8 Å². The van der Waals surface area contributed by atoms with Crippen LogP contribution >= 0.6 is 0 Å². The van der Waals surface area contributed by atoms with Crippen LogP contribution in [0, 0.1) is 5.92 Å². The third-order valence-electron chi connectivity index (χ3n) is 4.41. The van der Waals surface area contributed by atoms with Crippen molar-refractivity contribution in [1.82, 2.24) is 10.3 Å². The van der Waals surface area contributed by atoms with Crippen LogP contribution in [-0.4, -0.2) is 23.5 Å². The van der Waals surface area contributed by atoms with E-state index >= 15 is 0 Å². The first-order chi connectivity index (χ1) is 10.7. The van der Waals surface area contributed by atoms with E-state index in [1.54, 1.807) is 6.20 Å². The molecular formula is C18H22N2O2. The fourth-order valence-electron chi connectivity index (χ4n) is 3.12. The van der Waals surface area contributed by atoms with Gasteiger partial charge in [-0.1, -0.05) is 38.0 Å². The molecule has 1 fully saturated rings. The minimum atomic E-state index is -0.0494. The lowest BCUT2D eigenvalue weighted by atomic mass is 9.86. The molecule has 1 saturated carbocycles. The molecule has 1 aromatic carbocycles. The van der Waals surface area contributed by atoms with Crippen molar-refractivity contribution in [2.24, 2.45) is 5.92 Å². The van der Waals surface area contributed by atoms with Crippen LogP contribution in [0.1, 0.15) is 32.6 Å². The first-order valence-corrected chi connectivity index (χ1v) is 8.00. The van der Waals surface area contributed by atoms with Gasteiger partial charge >= 0.3 is 0 Å². The second kappa shape index (κ2) is 6.77. The largest absolute Gasteiger partial charge is 0.481 e. The number of rotatable bonds is 4. The van der Waals surface area contributed by atoms with Crippen LogP contribution in [0.5, 0.6) is 5.75 Å². The topological polar surface area (TPSA) is 51.2 Å². The van der Waals surface area contributed by atoms with E-state index in [0.717, 1.165) is 17.3 Å². The van der Waals surface area contributed by atoms with E-state index in [1.165, 1.54) is 19.3 Å². The third-order valence-corrected chi connectivity index (χ3v) is 4.41. The average Bonchev–Trinajstić information content (AvgIpc) is 2.55. The van der Waals surface area contributed by atoms with Gasteiger partial charge in [0.25, 0.3) is 5.91 Å². The average molecular weight is 298 g/mol. The Balaban J connectivity index is 1.60.